The quantitative estimate of drug-likeness (QED) is 0.521. The van der Waals surface area contributed by atoms with Crippen molar-refractivity contribution < 1.29 is 9.84 Å². The highest BCUT2D eigenvalue weighted by Gasteiger charge is 2.19. The highest BCUT2D eigenvalue weighted by atomic mass is 16.5. The van der Waals surface area contributed by atoms with Crippen LogP contribution >= 0.6 is 0 Å². The number of hydrogen-bond acceptors (Lipinski definition) is 5. The Morgan fingerprint density at radius 3 is 2.55 bits per heavy atom. The molecule has 1 N–H and O–H groups in total. The summed E-state index contributed by atoms with van der Waals surface area (Å²) in [5.74, 6) is 0.646. The third-order valence-electron chi connectivity index (χ3n) is 4.90. The molecular weight excluding hydrogens is 364 g/mol. The third-order valence-corrected chi connectivity index (χ3v) is 4.90. The number of aryl methyl sites for hydroxylation is 1. The van der Waals surface area contributed by atoms with Crippen LogP contribution in [0.1, 0.15) is 32.4 Å². The number of aliphatic hydroxyl groups is 1. The molecule has 6 heteroatoms. The van der Waals surface area contributed by atoms with Crippen molar-refractivity contribution in [2.75, 3.05) is 6.61 Å². The Balaban J connectivity index is 1.97. The molecule has 4 rings (SSSR count). The molecule has 4 aromatic rings. The second-order valence-electron chi connectivity index (χ2n) is 6.85. The lowest BCUT2D eigenvalue weighted by Gasteiger charge is -2.15. The molecule has 2 heterocycles. The topological polar surface area (TPSA) is 73.1 Å². The van der Waals surface area contributed by atoms with E-state index >= 15 is 0 Å². The summed E-state index contributed by atoms with van der Waals surface area (Å²) in [6.07, 6.45) is 2.91. The number of rotatable bonds is 6. The third kappa shape index (κ3) is 3.59. The van der Waals surface area contributed by atoms with E-state index in [2.05, 4.69) is 16.9 Å². The zero-order chi connectivity index (χ0) is 20.4. The molecule has 29 heavy (non-hydrogen) atoms. The zero-order valence-electron chi connectivity index (χ0n) is 16.8. The average Bonchev–Trinajstić information content (AvgIpc) is 3.18. The average molecular weight is 388 g/mol. The molecule has 0 aliphatic carbocycles. The maximum absolute atomic E-state index is 10.3. The van der Waals surface area contributed by atoms with Gasteiger partial charge in [-0.05, 0) is 26.8 Å². The van der Waals surface area contributed by atoms with Gasteiger partial charge in [-0.15, -0.1) is 0 Å². The summed E-state index contributed by atoms with van der Waals surface area (Å²) in [5.41, 5.74) is 5.12. The van der Waals surface area contributed by atoms with Crippen LogP contribution in [0.5, 0.6) is 5.75 Å². The van der Waals surface area contributed by atoms with Crippen LogP contribution < -0.4 is 4.74 Å². The van der Waals surface area contributed by atoms with Crippen molar-refractivity contribution in [2.45, 2.75) is 33.4 Å². The summed E-state index contributed by atoms with van der Waals surface area (Å²) in [7, 11) is 0. The summed E-state index contributed by atoms with van der Waals surface area (Å²) < 4.78 is 7.64. The second-order valence-corrected chi connectivity index (χ2v) is 6.85. The first kappa shape index (κ1) is 19.1. The van der Waals surface area contributed by atoms with Gasteiger partial charge in [0.1, 0.15) is 17.8 Å². The number of ether oxygens (including phenoxy) is 1. The Bertz CT molecular complexity index is 1140. The van der Waals surface area contributed by atoms with Crippen molar-refractivity contribution in [1.29, 1.82) is 0 Å². The zero-order valence-corrected chi connectivity index (χ0v) is 16.8. The smallest absolute Gasteiger partial charge is 0.127 e. The number of hydrogen-bond donors (Lipinski definition) is 1. The molecule has 0 fully saturated rings. The van der Waals surface area contributed by atoms with E-state index in [0.717, 1.165) is 45.5 Å². The van der Waals surface area contributed by atoms with Crippen molar-refractivity contribution in [2.24, 2.45) is 0 Å². The predicted molar refractivity (Wildman–Crippen MR) is 114 cm³/mol. The van der Waals surface area contributed by atoms with Crippen molar-refractivity contribution in [3.05, 3.63) is 60.6 Å². The number of aromatic nitrogens is 4. The first-order valence-corrected chi connectivity index (χ1v) is 9.85. The molecule has 0 unspecified atom stereocenters. The number of benzene rings is 2. The lowest BCUT2D eigenvalue weighted by atomic mass is 10.00. The Morgan fingerprint density at radius 1 is 1.07 bits per heavy atom. The van der Waals surface area contributed by atoms with Crippen LogP contribution in [-0.2, 0) is 6.54 Å². The largest absolute Gasteiger partial charge is 0.493 e. The fourth-order valence-corrected chi connectivity index (χ4v) is 3.49. The molecule has 0 aliphatic rings. The van der Waals surface area contributed by atoms with Gasteiger partial charge in [0.25, 0.3) is 0 Å². The van der Waals surface area contributed by atoms with Crippen molar-refractivity contribution in [3.63, 3.8) is 0 Å². The molecule has 6 nitrogen and oxygen atoms in total. The Labute approximate surface area is 169 Å². The minimum absolute atomic E-state index is 0.518. The molecule has 0 spiro atoms. The Kier molecular flexibility index (Phi) is 5.27. The highest BCUT2D eigenvalue weighted by molar-refractivity contribution is 5.96. The summed E-state index contributed by atoms with van der Waals surface area (Å²) >= 11 is 0. The molecule has 2 aromatic carbocycles. The molecule has 2 aromatic heterocycles. The van der Waals surface area contributed by atoms with E-state index in [-0.39, 0.29) is 0 Å². The van der Waals surface area contributed by atoms with Crippen LogP contribution in [0.2, 0.25) is 0 Å². The lowest BCUT2D eigenvalue weighted by molar-refractivity contribution is 0.192. The highest BCUT2D eigenvalue weighted by Crippen LogP contribution is 2.37. The van der Waals surface area contributed by atoms with Gasteiger partial charge in [0, 0.05) is 40.9 Å². The summed E-state index contributed by atoms with van der Waals surface area (Å²) in [6.45, 7) is 6.99. The first-order chi connectivity index (χ1) is 14.1. The van der Waals surface area contributed by atoms with Crippen LogP contribution in [0.25, 0.3) is 33.4 Å². The minimum Gasteiger partial charge on any atom is -0.493 e. The standard InChI is InChI=1S/C23H24N4O2/c1-4-27-13-19(22(26-27)16-9-7-6-8-10-16)23-18-11-17(15(3)28)21(29-5-2)12-20(18)24-14-25-23/h6-15,28H,4-5H2,1-3H3/t15-/m1/s1. The molecule has 0 saturated carbocycles. The summed E-state index contributed by atoms with van der Waals surface area (Å²) in [5, 5.41) is 15.9. The van der Waals surface area contributed by atoms with E-state index in [1.165, 1.54) is 0 Å². The molecule has 1 atom stereocenters. The lowest BCUT2D eigenvalue weighted by Crippen LogP contribution is -2.01. The Morgan fingerprint density at radius 2 is 1.86 bits per heavy atom. The predicted octanol–water partition coefficient (Wildman–Crippen LogP) is 4.63. The fraction of sp³-hybridized carbons (Fsp3) is 0.261. The van der Waals surface area contributed by atoms with Crippen LogP contribution in [0.15, 0.2) is 55.0 Å². The number of fused-ring (bicyclic) bond motifs is 1. The van der Waals surface area contributed by atoms with Gasteiger partial charge >= 0.3 is 0 Å². The van der Waals surface area contributed by atoms with E-state index in [1.54, 1.807) is 13.3 Å². The van der Waals surface area contributed by atoms with Crippen LogP contribution in [-0.4, -0.2) is 31.5 Å². The van der Waals surface area contributed by atoms with E-state index in [0.29, 0.717) is 12.4 Å². The summed E-state index contributed by atoms with van der Waals surface area (Å²) in [6, 6.07) is 13.9. The van der Waals surface area contributed by atoms with Crippen molar-refractivity contribution in [3.8, 4) is 28.3 Å². The van der Waals surface area contributed by atoms with Crippen LogP contribution in [0.4, 0.5) is 0 Å². The van der Waals surface area contributed by atoms with E-state index in [1.807, 2.05) is 60.3 Å². The molecule has 0 saturated heterocycles. The van der Waals surface area contributed by atoms with Crippen molar-refractivity contribution in [1.82, 2.24) is 19.7 Å². The van der Waals surface area contributed by atoms with Gasteiger partial charge < -0.3 is 9.84 Å². The molecule has 0 radical (unpaired) electrons. The van der Waals surface area contributed by atoms with Gasteiger partial charge in [0.2, 0.25) is 0 Å². The van der Waals surface area contributed by atoms with Gasteiger partial charge in [0.15, 0.2) is 0 Å². The molecule has 0 amide bonds. The van der Waals surface area contributed by atoms with Crippen molar-refractivity contribution >= 4 is 10.9 Å². The van der Waals surface area contributed by atoms with E-state index in [4.69, 9.17) is 9.84 Å². The van der Waals surface area contributed by atoms with Gasteiger partial charge in [-0.2, -0.15) is 5.10 Å². The van der Waals surface area contributed by atoms with Crippen LogP contribution in [0, 0.1) is 0 Å². The Hall–Kier alpha value is -3.25. The van der Waals surface area contributed by atoms with Gasteiger partial charge in [0.05, 0.1) is 23.9 Å². The second kappa shape index (κ2) is 8.01. The maximum atomic E-state index is 10.3. The fourth-order valence-electron chi connectivity index (χ4n) is 3.49. The normalized spacial score (nSPS) is 12.3. The molecular formula is C23H24N4O2. The number of nitrogens with zero attached hydrogens (tertiary/aromatic N) is 4. The molecule has 0 aliphatic heterocycles. The summed E-state index contributed by atoms with van der Waals surface area (Å²) in [4.78, 5) is 9.04. The molecule has 148 valence electrons. The first-order valence-electron chi connectivity index (χ1n) is 9.85. The van der Waals surface area contributed by atoms with Crippen LogP contribution in [0.3, 0.4) is 0 Å². The van der Waals surface area contributed by atoms with Gasteiger partial charge in [-0.1, -0.05) is 30.3 Å². The van der Waals surface area contributed by atoms with E-state index in [9.17, 15) is 5.11 Å². The minimum atomic E-state index is -0.666. The maximum Gasteiger partial charge on any atom is 0.127 e. The van der Waals surface area contributed by atoms with E-state index < -0.39 is 6.10 Å². The van der Waals surface area contributed by atoms with Gasteiger partial charge in [-0.3, -0.25) is 4.68 Å². The van der Waals surface area contributed by atoms with Gasteiger partial charge in [-0.25, -0.2) is 9.97 Å². The molecule has 0 bridgehead atoms. The monoisotopic (exact) mass is 388 g/mol. The SMILES string of the molecule is CCOc1cc2ncnc(-c3cn(CC)nc3-c3ccccc3)c2cc1[C@@H](C)O. The number of aliphatic hydroxyl groups excluding tert-OH is 1.